The number of oxime groups is 1. The van der Waals surface area contributed by atoms with E-state index in [1.165, 1.54) is 0 Å². The van der Waals surface area contributed by atoms with Crippen molar-refractivity contribution in [2.24, 2.45) is 21.4 Å². The molecule has 0 spiro atoms. The van der Waals surface area contributed by atoms with Gasteiger partial charge in [-0.2, -0.15) is 0 Å². The Morgan fingerprint density at radius 1 is 1.04 bits per heavy atom. The van der Waals surface area contributed by atoms with Crippen LogP contribution in [0.3, 0.4) is 0 Å². The van der Waals surface area contributed by atoms with Crippen molar-refractivity contribution in [3.8, 4) is 0 Å². The van der Waals surface area contributed by atoms with Crippen molar-refractivity contribution in [2.75, 3.05) is 13.2 Å². The fourth-order valence-electron chi connectivity index (χ4n) is 2.38. The zero-order valence-corrected chi connectivity index (χ0v) is 17.4. The van der Waals surface area contributed by atoms with Gasteiger partial charge in [-0.3, -0.25) is 9.63 Å². The van der Waals surface area contributed by atoms with Crippen molar-refractivity contribution in [1.29, 1.82) is 0 Å². The lowest BCUT2D eigenvalue weighted by Crippen LogP contribution is -2.45. The Kier molecular flexibility index (Phi) is 8.62. The van der Waals surface area contributed by atoms with E-state index in [-0.39, 0.29) is 30.0 Å². The van der Waals surface area contributed by atoms with Gasteiger partial charge in [-0.05, 0) is 37.5 Å². The van der Waals surface area contributed by atoms with Crippen molar-refractivity contribution in [3.05, 3.63) is 0 Å². The molecule has 0 bridgehead atoms. The highest BCUT2D eigenvalue weighted by Crippen LogP contribution is 2.47. The van der Waals surface area contributed by atoms with E-state index in [1.54, 1.807) is 6.92 Å². The summed E-state index contributed by atoms with van der Waals surface area (Å²) >= 11 is 0. The normalized spacial score (nSPS) is 15.3. The predicted octanol–water partition coefficient (Wildman–Crippen LogP) is 4.53. The average Bonchev–Trinajstić information content (AvgIpc) is 2.45. The molecule has 0 fully saturated rings. The molecule has 0 heterocycles. The van der Waals surface area contributed by atoms with Crippen LogP contribution in [0.4, 0.5) is 4.79 Å². The van der Waals surface area contributed by atoms with E-state index >= 15 is 0 Å². The smallest absolute Gasteiger partial charge is 0.433 e. The molecule has 0 aromatic heterocycles. The second-order valence-corrected chi connectivity index (χ2v) is 8.94. The van der Waals surface area contributed by atoms with Crippen molar-refractivity contribution < 1.29 is 19.2 Å². The van der Waals surface area contributed by atoms with Gasteiger partial charge in [-0.25, -0.2) is 4.79 Å². The molecule has 0 aromatic rings. The highest BCUT2D eigenvalue weighted by molar-refractivity contribution is 5.81. The van der Waals surface area contributed by atoms with Crippen LogP contribution in [0.1, 0.15) is 75.2 Å². The van der Waals surface area contributed by atoms with Crippen LogP contribution in [0, 0.1) is 16.2 Å². The van der Waals surface area contributed by atoms with Gasteiger partial charge in [-0.1, -0.05) is 53.6 Å². The van der Waals surface area contributed by atoms with Gasteiger partial charge in [0, 0.05) is 0 Å². The van der Waals surface area contributed by atoms with Gasteiger partial charge in [0.1, 0.15) is 6.61 Å². The van der Waals surface area contributed by atoms with Crippen LogP contribution >= 0.6 is 0 Å². The number of amides is 1. The summed E-state index contributed by atoms with van der Waals surface area (Å²) in [7, 11) is 0. The van der Waals surface area contributed by atoms with Crippen LogP contribution in [0.2, 0.25) is 0 Å². The summed E-state index contributed by atoms with van der Waals surface area (Å²) in [4.78, 5) is 28.9. The third kappa shape index (κ3) is 8.36. The first-order valence-corrected chi connectivity index (χ1v) is 8.88. The van der Waals surface area contributed by atoms with Gasteiger partial charge in [-0.15, -0.1) is 0 Å². The number of ether oxygens (including phenoxy) is 1. The van der Waals surface area contributed by atoms with Crippen molar-refractivity contribution in [1.82, 2.24) is 5.32 Å². The lowest BCUT2D eigenvalue weighted by molar-refractivity contribution is -0.164. The molecule has 0 radical (unpaired) electrons. The Morgan fingerprint density at radius 3 is 2.04 bits per heavy atom. The fraction of sp³-hybridized carbons (Fsp3) is 0.842. The molecule has 0 rings (SSSR count). The zero-order valence-electron chi connectivity index (χ0n) is 17.4. The van der Waals surface area contributed by atoms with E-state index < -0.39 is 11.5 Å². The fourth-order valence-corrected chi connectivity index (χ4v) is 2.38. The number of rotatable bonds is 7. The lowest BCUT2D eigenvalue weighted by atomic mass is 9.61. The van der Waals surface area contributed by atoms with E-state index in [4.69, 9.17) is 4.74 Å². The maximum atomic E-state index is 12.7. The van der Waals surface area contributed by atoms with Crippen LogP contribution in [-0.4, -0.2) is 30.9 Å². The molecular weight excluding hydrogens is 320 g/mol. The molecule has 0 aliphatic heterocycles. The van der Waals surface area contributed by atoms with Gasteiger partial charge in [0.2, 0.25) is 0 Å². The molecule has 25 heavy (non-hydrogen) atoms. The highest BCUT2D eigenvalue weighted by Gasteiger charge is 2.47. The van der Waals surface area contributed by atoms with Gasteiger partial charge >= 0.3 is 12.1 Å². The number of nitrogens with zero attached hydrogens (tertiary/aromatic N) is 1. The van der Waals surface area contributed by atoms with E-state index in [0.29, 0.717) is 12.8 Å². The Hall–Kier alpha value is -1.59. The first kappa shape index (κ1) is 23.4. The van der Waals surface area contributed by atoms with Crippen molar-refractivity contribution in [2.45, 2.75) is 75.2 Å². The molecule has 0 aliphatic rings. The molecule has 6 nitrogen and oxygen atoms in total. The van der Waals surface area contributed by atoms with Crippen LogP contribution < -0.4 is 5.32 Å². The zero-order chi connectivity index (χ0) is 19.9. The first-order chi connectivity index (χ1) is 11.2. The Bertz CT molecular complexity index is 487. The number of esters is 1. The summed E-state index contributed by atoms with van der Waals surface area (Å²) in [5.74, 6) is -0.245. The minimum Gasteiger partial charge on any atom is -0.463 e. The Labute approximate surface area is 152 Å². The Balaban J connectivity index is 4.58. The molecule has 1 N–H and O–H groups in total. The van der Waals surface area contributed by atoms with E-state index in [0.717, 1.165) is 5.71 Å². The molecule has 0 aliphatic carbocycles. The summed E-state index contributed by atoms with van der Waals surface area (Å²) in [5, 5.41) is 6.18. The van der Waals surface area contributed by atoms with E-state index in [2.05, 4.69) is 36.1 Å². The summed E-state index contributed by atoms with van der Waals surface area (Å²) < 4.78 is 5.43. The third-order valence-electron chi connectivity index (χ3n) is 4.39. The maximum Gasteiger partial charge on any atom is 0.433 e. The van der Waals surface area contributed by atoms with Gasteiger partial charge in [0.25, 0.3) is 0 Å². The predicted molar refractivity (Wildman–Crippen MR) is 100 cm³/mol. The first-order valence-electron chi connectivity index (χ1n) is 8.88. The third-order valence-corrected chi connectivity index (χ3v) is 4.39. The topological polar surface area (TPSA) is 77.0 Å². The molecule has 0 aromatic carbocycles. The number of carbonyl (C=O) groups is 2. The summed E-state index contributed by atoms with van der Waals surface area (Å²) in [6.45, 7) is 18.4. The Morgan fingerprint density at radius 2 is 1.60 bits per heavy atom. The number of carbonyl (C=O) groups excluding carboxylic acids is 2. The minimum atomic E-state index is -0.655. The van der Waals surface area contributed by atoms with Crippen molar-refractivity contribution >= 4 is 17.8 Å². The second-order valence-electron chi connectivity index (χ2n) is 8.94. The van der Waals surface area contributed by atoms with Gasteiger partial charge < -0.3 is 10.1 Å². The monoisotopic (exact) mass is 356 g/mol. The summed E-state index contributed by atoms with van der Waals surface area (Å²) in [6.07, 6.45) is 0.768. The van der Waals surface area contributed by atoms with E-state index in [9.17, 15) is 9.59 Å². The van der Waals surface area contributed by atoms with Crippen molar-refractivity contribution in [3.63, 3.8) is 0 Å². The minimum absolute atomic E-state index is 0.00174. The standard InChI is InChI=1S/C19H36N2O4/c1-10-14(2)21-25-16(23)20-11-12-24-15(22)19(9,18(6,7)8)13-17(3,4)5/h10-13H2,1-9H3,(H,20,23). The molecule has 0 saturated heterocycles. The number of nitrogens with one attached hydrogen (secondary N) is 1. The lowest BCUT2D eigenvalue weighted by Gasteiger charge is -2.43. The van der Waals surface area contributed by atoms with Crippen LogP contribution in [0.15, 0.2) is 5.16 Å². The van der Waals surface area contributed by atoms with Crippen LogP contribution in [0.25, 0.3) is 0 Å². The highest BCUT2D eigenvalue weighted by atomic mass is 16.7. The molecule has 1 atom stereocenters. The largest absolute Gasteiger partial charge is 0.463 e. The number of hydrogen-bond donors (Lipinski definition) is 1. The maximum absolute atomic E-state index is 12.7. The molecule has 1 amide bonds. The second kappa shape index (κ2) is 9.20. The SMILES string of the molecule is CCC(C)=NOC(=O)NCCOC(=O)C(C)(CC(C)(C)C)C(C)(C)C. The molecule has 0 saturated carbocycles. The molecule has 146 valence electrons. The summed E-state index contributed by atoms with van der Waals surface area (Å²) in [6, 6.07) is 0. The van der Waals surface area contributed by atoms with E-state index in [1.807, 2.05) is 34.6 Å². The molecule has 1 unspecified atom stereocenters. The number of hydrogen-bond acceptors (Lipinski definition) is 5. The molecule has 6 heteroatoms. The molecular formula is C19H36N2O4. The van der Waals surface area contributed by atoms with Gasteiger partial charge in [0.05, 0.1) is 17.7 Å². The van der Waals surface area contributed by atoms with Crippen LogP contribution in [0.5, 0.6) is 0 Å². The quantitative estimate of drug-likeness (QED) is 0.239. The van der Waals surface area contributed by atoms with Gasteiger partial charge in [0.15, 0.2) is 0 Å². The van der Waals surface area contributed by atoms with Crippen LogP contribution in [-0.2, 0) is 14.4 Å². The average molecular weight is 357 g/mol. The summed E-state index contributed by atoms with van der Waals surface area (Å²) in [5.41, 5.74) is -0.132.